The van der Waals surface area contributed by atoms with E-state index < -0.39 is 15.9 Å². The van der Waals surface area contributed by atoms with Gasteiger partial charge in [0.25, 0.3) is 5.91 Å². The van der Waals surface area contributed by atoms with Crippen molar-refractivity contribution in [2.24, 2.45) is 12.8 Å². The van der Waals surface area contributed by atoms with Gasteiger partial charge in [0.2, 0.25) is 15.9 Å². The standard InChI is InChI=1S/C19H22N4O4S/c1-21-14-16(13-17(21)19(20)25)28(26,27)23-11-9-22(10-12-23)18(24)8-7-15-5-3-2-4-6-15/h2-8,13-14H,9-12H2,1H3,(H2,20,25)/b8-7+. The van der Waals surface area contributed by atoms with E-state index in [1.165, 1.54) is 27.2 Å². The molecule has 0 radical (unpaired) electrons. The fraction of sp³-hybridized carbons (Fsp3) is 0.263. The van der Waals surface area contributed by atoms with Crippen LogP contribution in [0, 0.1) is 0 Å². The second kappa shape index (κ2) is 7.99. The minimum Gasteiger partial charge on any atom is -0.364 e. The van der Waals surface area contributed by atoms with Crippen molar-refractivity contribution in [3.05, 3.63) is 59.9 Å². The summed E-state index contributed by atoms with van der Waals surface area (Å²) < 4.78 is 28.3. The normalized spacial score (nSPS) is 15.8. The van der Waals surface area contributed by atoms with Crippen molar-refractivity contribution in [3.8, 4) is 0 Å². The Labute approximate surface area is 163 Å². The third-order valence-corrected chi connectivity index (χ3v) is 6.50. The zero-order valence-electron chi connectivity index (χ0n) is 15.5. The molecule has 2 aromatic rings. The summed E-state index contributed by atoms with van der Waals surface area (Å²) in [6.45, 7) is 0.974. The predicted octanol–water partition coefficient (Wildman–Crippen LogP) is 0.670. The summed E-state index contributed by atoms with van der Waals surface area (Å²) in [4.78, 5) is 25.3. The Balaban J connectivity index is 1.64. The number of piperazine rings is 1. The van der Waals surface area contributed by atoms with Gasteiger partial charge in [0.05, 0.1) is 0 Å². The highest BCUT2D eigenvalue weighted by Gasteiger charge is 2.31. The molecule has 0 spiro atoms. The Bertz CT molecular complexity index is 1000. The van der Waals surface area contributed by atoms with Crippen molar-refractivity contribution in [1.29, 1.82) is 0 Å². The number of benzene rings is 1. The molecular formula is C19H22N4O4S. The number of hydrogen-bond donors (Lipinski definition) is 1. The van der Waals surface area contributed by atoms with Gasteiger partial charge in [-0.2, -0.15) is 4.31 Å². The van der Waals surface area contributed by atoms with E-state index in [0.29, 0.717) is 13.1 Å². The highest BCUT2D eigenvalue weighted by molar-refractivity contribution is 7.89. The summed E-state index contributed by atoms with van der Waals surface area (Å²) in [5.74, 6) is -0.846. The van der Waals surface area contributed by atoms with Crippen LogP contribution < -0.4 is 5.73 Å². The lowest BCUT2D eigenvalue weighted by atomic mass is 10.2. The molecule has 1 aliphatic rings. The lowest BCUT2D eigenvalue weighted by Crippen LogP contribution is -2.50. The molecule has 0 aliphatic carbocycles. The number of carbonyl (C=O) groups is 2. The number of hydrogen-bond acceptors (Lipinski definition) is 4. The largest absolute Gasteiger partial charge is 0.364 e. The van der Waals surface area contributed by atoms with Gasteiger partial charge < -0.3 is 15.2 Å². The Morgan fingerprint density at radius 2 is 1.71 bits per heavy atom. The van der Waals surface area contributed by atoms with Crippen molar-refractivity contribution in [2.45, 2.75) is 4.90 Å². The van der Waals surface area contributed by atoms with Gasteiger partial charge in [-0.3, -0.25) is 9.59 Å². The van der Waals surface area contributed by atoms with Gasteiger partial charge in [-0.05, 0) is 17.7 Å². The molecule has 0 bridgehead atoms. The van der Waals surface area contributed by atoms with Gasteiger partial charge >= 0.3 is 0 Å². The first-order chi connectivity index (χ1) is 13.3. The number of aryl methyl sites for hydroxylation is 1. The molecule has 1 aliphatic heterocycles. The molecule has 0 atom stereocenters. The minimum absolute atomic E-state index is 0.0209. The third-order valence-electron chi connectivity index (χ3n) is 4.64. The van der Waals surface area contributed by atoms with E-state index in [2.05, 4.69) is 0 Å². The van der Waals surface area contributed by atoms with Crippen LogP contribution in [0.4, 0.5) is 0 Å². The average molecular weight is 402 g/mol. The summed E-state index contributed by atoms with van der Waals surface area (Å²) in [5, 5.41) is 0. The number of carbonyl (C=O) groups excluding carboxylic acids is 2. The molecule has 9 heteroatoms. The second-order valence-corrected chi connectivity index (χ2v) is 8.45. The van der Waals surface area contributed by atoms with Crippen LogP contribution in [0.25, 0.3) is 6.08 Å². The summed E-state index contributed by atoms with van der Waals surface area (Å²) in [7, 11) is -2.19. The lowest BCUT2D eigenvalue weighted by Gasteiger charge is -2.33. The van der Waals surface area contributed by atoms with Crippen LogP contribution in [0.1, 0.15) is 16.1 Å². The van der Waals surface area contributed by atoms with Crippen molar-refractivity contribution >= 4 is 27.9 Å². The number of nitrogens with two attached hydrogens (primary N) is 1. The number of aromatic nitrogens is 1. The maximum absolute atomic E-state index is 12.8. The predicted molar refractivity (Wildman–Crippen MR) is 105 cm³/mol. The van der Waals surface area contributed by atoms with Crippen LogP contribution >= 0.6 is 0 Å². The van der Waals surface area contributed by atoms with Gasteiger partial charge in [-0.15, -0.1) is 0 Å². The summed E-state index contributed by atoms with van der Waals surface area (Å²) in [6, 6.07) is 10.8. The molecule has 2 N–H and O–H groups in total. The highest BCUT2D eigenvalue weighted by Crippen LogP contribution is 2.20. The second-order valence-electron chi connectivity index (χ2n) is 6.51. The van der Waals surface area contributed by atoms with Crippen molar-refractivity contribution in [1.82, 2.24) is 13.8 Å². The van der Waals surface area contributed by atoms with Gasteiger partial charge in [-0.1, -0.05) is 30.3 Å². The summed E-state index contributed by atoms with van der Waals surface area (Å²) in [5.41, 5.74) is 6.30. The Hall–Kier alpha value is -2.91. The zero-order valence-corrected chi connectivity index (χ0v) is 16.3. The number of nitrogens with zero attached hydrogens (tertiary/aromatic N) is 3. The van der Waals surface area contributed by atoms with Crippen LogP contribution in [0.15, 0.2) is 53.6 Å². The van der Waals surface area contributed by atoms with E-state index in [4.69, 9.17) is 5.73 Å². The Kier molecular flexibility index (Phi) is 5.66. The number of sulfonamides is 1. The van der Waals surface area contributed by atoms with E-state index >= 15 is 0 Å². The monoisotopic (exact) mass is 402 g/mol. The quantitative estimate of drug-likeness (QED) is 0.742. The summed E-state index contributed by atoms with van der Waals surface area (Å²) in [6.07, 6.45) is 4.60. The maximum Gasteiger partial charge on any atom is 0.265 e. The molecule has 0 unspecified atom stereocenters. The molecule has 2 heterocycles. The molecule has 8 nitrogen and oxygen atoms in total. The van der Waals surface area contributed by atoms with Gasteiger partial charge in [0, 0.05) is 45.5 Å². The van der Waals surface area contributed by atoms with Crippen molar-refractivity contribution < 1.29 is 18.0 Å². The van der Waals surface area contributed by atoms with Gasteiger partial charge in [0.15, 0.2) is 0 Å². The fourth-order valence-electron chi connectivity index (χ4n) is 3.06. The first kappa shape index (κ1) is 19.8. The fourth-order valence-corrected chi connectivity index (χ4v) is 4.55. The SMILES string of the molecule is Cn1cc(S(=O)(=O)N2CCN(C(=O)/C=C/c3ccccc3)CC2)cc1C(N)=O. The van der Waals surface area contributed by atoms with Crippen LogP contribution in [0.5, 0.6) is 0 Å². The van der Waals surface area contributed by atoms with E-state index in [-0.39, 0.29) is 29.6 Å². The number of primary amides is 1. The zero-order chi connectivity index (χ0) is 20.3. The number of amides is 2. The Morgan fingerprint density at radius 3 is 2.29 bits per heavy atom. The van der Waals surface area contributed by atoms with E-state index in [9.17, 15) is 18.0 Å². The van der Waals surface area contributed by atoms with E-state index in [1.54, 1.807) is 18.0 Å². The minimum atomic E-state index is -3.75. The van der Waals surface area contributed by atoms with Gasteiger partial charge in [-0.25, -0.2) is 8.42 Å². The Morgan fingerprint density at radius 1 is 1.07 bits per heavy atom. The van der Waals surface area contributed by atoms with Crippen LogP contribution in [0.2, 0.25) is 0 Å². The van der Waals surface area contributed by atoms with Gasteiger partial charge in [0.1, 0.15) is 10.6 Å². The first-order valence-electron chi connectivity index (χ1n) is 8.77. The summed E-state index contributed by atoms with van der Waals surface area (Å²) >= 11 is 0. The molecule has 148 valence electrons. The van der Waals surface area contributed by atoms with Crippen molar-refractivity contribution in [2.75, 3.05) is 26.2 Å². The molecule has 0 saturated carbocycles. The van der Waals surface area contributed by atoms with E-state index in [0.717, 1.165) is 5.56 Å². The van der Waals surface area contributed by atoms with Crippen LogP contribution in [0.3, 0.4) is 0 Å². The molecule has 1 aromatic carbocycles. The highest BCUT2D eigenvalue weighted by atomic mass is 32.2. The van der Waals surface area contributed by atoms with E-state index in [1.807, 2.05) is 30.3 Å². The maximum atomic E-state index is 12.8. The molecule has 28 heavy (non-hydrogen) atoms. The van der Waals surface area contributed by atoms with Crippen molar-refractivity contribution in [3.63, 3.8) is 0 Å². The van der Waals surface area contributed by atoms with Crippen LogP contribution in [-0.2, 0) is 21.9 Å². The lowest BCUT2D eigenvalue weighted by molar-refractivity contribution is -0.127. The smallest absolute Gasteiger partial charge is 0.265 e. The molecule has 3 rings (SSSR count). The molecular weight excluding hydrogens is 380 g/mol. The number of rotatable bonds is 5. The van der Waals surface area contributed by atoms with Crippen LogP contribution in [-0.4, -0.2) is 60.2 Å². The topological polar surface area (TPSA) is 106 Å². The molecule has 1 fully saturated rings. The first-order valence-corrected chi connectivity index (χ1v) is 10.2. The molecule has 1 saturated heterocycles. The average Bonchev–Trinajstić information content (AvgIpc) is 3.10. The molecule has 2 amide bonds. The third kappa shape index (κ3) is 4.15. The molecule has 1 aromatic heterocycles.